The van der Waals surface area contributed by atoms with E-state index in [9.17, 15) is 13.2 Å². The Morgan fingerprint density at radius 3 is 2.83 bits per heavy atom. The number of rotatable bonds is 7. The summed E-state index contributed by atoms with van der Waals surface area (Å²) in [6, 6.07) is 0. The van der Waals surface area contributed by atoms with Gasteiger partial charge in [-0.05, 0) is 38.3 Å². The predicted molar refractivity (Wildman–Crippen MR) is 68.9 cm³/mol. The van der Waals surface area contributed by atoms with Gasteiger partial charge < -0.3 is 10.4 Å². The molecule has 0 saturated carbocycles. The number of carbonyl (C=O) groups is 1. The van der Waals surface area contributed by atoms with Crippen molar-refractivity contribution in [2.75, 3.05) is 32.4 Å². The van der Waals surface area contributed by atoms with Gasteiger partial charge in [-0.1, -0.05) is 0 Å². The summed E-state index contributed by atoms with van der Waals surface area (Å²) in [6.07, 6.45) is 3.95. The number of aliphatic carboxylic acids is 1. The summed E-state index contributed by atoms with van der Waals surface area (Å²) < 4.78 is 24.4. The summed E-state index contributed by atoms with van der Waals surface area (Å²) in [5, 5.41) is 11.7. The number of piperidine rings is 1. The summed E-state index contributed by atoms with van der Waals surface area (Å²) >= 11 is 0. The highest BCUT2D eigenvalue weighted by molar-refractivity contribution is 7.88. The second-order valence-corrected chi connectivity index (χ2v) is 6.81. The van der Waals surface area contributed by atoms with Gasteiger partial charge in [-0.2, -0.15) is 0 Å². The summed E-state index contributed by atoms with van der Waals surface area (Å²) in [5.41, 5.74) is 0. The van der Waals surface area contributed by atoms with E-state index in [4.69, 9.17) is 5.11 Å². The number of hydrogen-bond donors (Lipinski definition) is 2. The molecule has 6 nitrogen and oxygen atoms in total. The van der Waals surface area contributed by atoms with Crippen molar-refractivity contribution in [2.24, 2.45) is 5.92 Å². The van der Waals surface area contributed by atoms with Crippen LogP contribution in [0.1, 0.15) is 25.7 Å². The molecule has 0 radical (unpaired) electrons. The average molecular weight is 278 g/mol. The van der Waals surface area contributed by atoms with Gasteiger partial charge in [0.25, 0.3) is 0 Å². The van der Waals surface area contributed by atoms with E-state index in [0.717, 1.165) is 19.4 Å². The van der Waals surface area contributed by atoms with Gasteiger partial charge in [0.15, 0.2) is 0 Å². The molecule has 1 fully saturated rings. The van der Waals surface area contributed by atoms with E-state index in [0.29, 0.717) is 32.0 Å². The van der Waals surface area contributed by atoms with Gasteiger partial charge in [0, 0.05) is 19.5 Å². The Kier molecular flexibility index (Phi) is 6.04. The molecule has 1 aliphatic rings. The van der Waals surface area contributed by atoms with E-state index in [2.05, 4.69) is 5.32 Å². The third-order valence-corrected chi connectivity index (χ3v) is 4.40. The number of sulfonamides is 1. The fraction of sp³-hybridized carbons (Fsp3) is 0.909. The van der Waals surface area contributed by atoms with Crippen LogP contribution in [0.5, 0.6) is 0 Å². The zero-order valence-electron chi connectivity index (χ0n) is 10.8. The maximum absolute atomic E-state index is 11.4. The molecule has 1 heterocycles. The van der Waals surface area contributed by atoms with E-state index >= 15 is 0 Å². The molecule has 0 aromatic carbocycles. The Morgan fingerprint density at radius 2 is 2.22 bits per heavy atom. The molecule has 18 heavy (non-hydrogen) atoms. The van der Waals surface area contributed by atoms with Crippen molar-refractivity contribution < 1.29 is 18.3 Å². The fourth-order valence-electron chi connectivity index (χ4n) is 2.17. The van der Waals surface area contributed by atoms with Gasteiger partial charge in [-0.3, -0.25) is 4.79 Å². The highest BCUT2D eigenvalue weighted by Gasteiger charge is 2.25. The lowest BCUT2D eigenvalue weighted by molar-refractivity contribution is -0.137. The lowest BCUT2D eigenvalue weighted by atomic mass is 10.00. The van der Waals surface area contributed by atoms with Crippen molar-refractivity contribution in [3.05, 3.63) is 0 Å². The first kappa shape index (κ1) is 15.4. The Labute approximate surface area is 108 Å². The molecule has 1 rings (SSSR count). The largest absolute Gasteiger partial charge is 0.481 e. The van der Waals surface area contributed by atoms with E-state index in [1.807, 2.05) is 0 Å². The normalized spacial score (nSPS) is 21.9. The first-order chi connectivity index (χ1) is 8.39. The SMILES string of the molecule is CS(=O)(=O)N1CCCC(CNCCCC(=O)O)C1. The minimum Gasteiger partial charge on any atom is -0.481 e. The van der Waals surface area contributed by atoms with Crippen LogP contribution in [0.3, 0.4) is 0 Å². The van der Waals surface area contributed by atoms with Crippen LogP contribution >= 0.6 is 0 Å². The van der Waals surface area contributed by atoms with Crippen LogP contribution in [0.4, 0.5) is 0 Å². The number of carboxylic acids is 1. The van der Waals surface area contributed by atoms with Crippen LogP contribution in [-0.4, -0.2) is 56.2 Å². The summed E-state index contributed by atoms with van der Waals surface area (Å²) in [6.45, 7) is 2.62. The molecular weight excluding hydrogens is 256 g/mol. The number of hydrogen-bond acceptors (Lipinski definition) is 4. The minimum absolute atomic E-state index is 0.174. The smallest absolute Gasteiger partial charge is 0.303 e. The van der Waals surface area contributed by atoms with Crippen LogP contribution in [0, 0.1) is 5.92 Å². The third-order valence-electron chi connectivity index (χ3n) is 3.13. The van der Waals surface area contributed by atoms with Gasteiger partial charge >= 0.3 is 5.97 Å². The predicted octanol–water partition coefficient (Wildman–Crippen LogP) is 0.112. The second-order valence-electron chi connectivity index (χ2n) is 4.83. The van der Waals surface area contributed by atoms with Crippen LogP contribution in [0.2, 0.25) is 0 Å². The van der Waals surface area contributed by atoms with Crippen molar-refractivity contribution in [1.82, 2.24) is 9.62 Å². The molecule has 0 spiro atoms. The van der Waals surface area contributed by atoms with E-state index < -0.39 is 16.0 Å². The van der Waals surface area contributed by atoms with Crippen molar-refractivity contribution in [2.45, 2.75) is 25.7 Å². The topological polar surface area (TPSA) is 86.7 Å². The van der Waals surface area contributed by atoms with E-state index in [1.165, 1.54) is 10.6 Å². The number of carboxylic acid groups (broad SMARTS) is 1. The molecule has 0 amide bonds. The zero-order chi connectivity index (χ0) is 13.6. The molecule has 0 aromatic rings. The maximum Gasteiger partial charge on any atom is 0.303 e. The first-order valence-corrected chi connectivity index (χ1v) is 8.12. The maximum atomic E-state index is 11.4. The molecular formula is C11H22N2O4S. The summed E-state index contributed by atoms with van der Waals surface area (Å²) in [5.74, 6) is -0.448. The number of nitrogens with zero attached hydrogens (tertiary/aromatic N) is 1. The molecule has 0 aromatic heterocycles. The molecule has 1 aliphatic heterocycles. The van der Waals surface area contributed by atoms with Crippen molar-refractivity contribution in [1.29, 1.82) is 0 Å². The van der Waals surface area contributed by atoms with Gasteiger partial charge in [0.2, 0.25) is 10.0 Å². The molecule has 1 atom stereocenters. The van der Waals surface area contributed by atoms with Crippen LogP contribution in [-0.2, 0) is 14.8 Å². The molecule has 1 unspecified atom stereocenters. The number of nitrogens with one attached hydrogen (secondary N) is 1. The van der Waals surface area contributed by atoms with Gasteiger partial charge in [-0.15, -0.1) is 0 Å². The van der Waals surface area contributed by atoms with Crippen molar-refractivity contribution in [3.63, 3.8) is 0 Å². The Bertz CT molecular complexity index is 369. The standard InChI is InChI=1S/C11H22N2O4S/c1-18(16,17)13-7-3-4-10(9-13)8-12-6-2-5-11(14)15/h10,12H,2-9H2,1H3,(H,14,15). The molecule has 7 heteroatoms. The highest BCUT2D eigenvalue weighted by Crippen LogP contribution is 2.17. The Morgan fingerprint density at radius 1 is 1.50 bits per heavy atom. The van der Waals surface area contributed by atoms with Gasteiger partial charge in [-0.25, -0.2) is 12.7 Å². The summed E-state index contributed by atoms with van der Waals surface area (Å²) in [7, 11) is -3.08. The molecule has 0 aliphatic carbocycles. The Hall–Kier alpha value is -0.660. The lowest BCUT2D eigenvalue weighted by Gasteiger charge is -2.31. The quantitative estimate of drug-likeness (QED) is 0.646. The summed E-state index contributed by atoms with van der Waals surface area (Å²) in [4.78, 5) is 10.3. The van der Waals surface area contributed by atoms with E-state index in [-0.39, 0.29) is 6.42 Å². The fourth-order valence-corrected chi connectivity index (χ4v) is 3.11. The van der Waals surface area contributed by atoms with Crippen LogP contribution in [0.15, 0.2) is 0 Å². The minimum atomic E-state index is -3.08. The van der Waals surface area contributed by atoms with Crippen molar-refractivity contribution >= 4 is 16.0 Å². The highest BCUT2D eigenvalue weighted by atomic mass is 32.2. The second kappa shape index (κ2) is 7.06. The monoisotopic (exact) mass is 278 g/mol. The molecule has 2 N–H and O–H groups in total. The average Bonchev–Trinajstić information content (AvgIpc) is 2.27. The Balaban J connectivity index is 2.21. The van der Waals surface area contributed by atoms with Crippen molar-refractivity contribution in [3.8, 4) is 0 Å². The molecule has 106 valence electrons. The molecule has 0 bridgehead atoms. The third kappa shape index (κ3) is 5.79. The first-order valence-electron chi connectivity index (χ1n) is 6.27. The van der Waals surface area contributed by atoms with Crippen LogP contribution in [0.25, 0.3) is 0 Å². The molecule has 1 saturated heterocycles. The van der Waals surface area contributed by atoms with Crippen LogP contribution < -0.4 is 5.32 Å². The lowest BCUT2D eigenvalue weighted by Crippen LogP contribution is -2.42. The zero-order valence-corrected chi connectivity index (χ0v) is 11.6. The van der Waals surface area contributed by atoms with E-state index in [1.54, 1.807) is 0 Å². The van der Waals surface area contributed by atoms with Gasteiger partial charge in [0.05, 0.1) is 6.26 Å². The van der Waals surface area contributed by atoms with Gasteiger partial charge in [0.1, 0.15) is 0 Å².